The molecule has 0 aromatic heterocycles. The molecule has 6 heteroatoms. The molecule has 2 unspecified atom stereocenters. The standard InChI is InChI=1S/C16H25N3O.2ClH/c1-13(19(2)15-8-4-3-5-9-15)12-18-16(20)11-14-7-6-10-17-14;;/h3-5,8-9,13-14,17H,6-7,10-12H2,1-2H3,(H,18,20);2*1H. The molecule has 0 bridgehead atoms. The number of rotatable bonds is 6. The first-order valence-corrected chi connectivity index (χ1v) is 7.45. The minimum absolute atomic E-state index is 0. The third kappa shape index (κ3) is 6.42. The van der Waals surface area contributed by atoms with Crippen LogP contribution in [-0.2, 0) is 4.79 Å². The summed E-state index contributed by atoms with van der Waals surface area (Å²) in [5.74, 6) is 0.151. The van der Waals surface area contributed by atoms with E-state index in [2.05, 4.69) is 41.6 Å². The van der Waals surface area contributed by atoms with Gasteiger partial charge in [-0.2, -0.15) is 0 Å². The lowest BCUT2D eigenvalue weighted by Crippen LogP contribution is -2.41. The van der Waals surface area contributed by atoms with Gasteiger partial charge in [0.25, 0.3) is 0 Å². The van der Waals surface area contributed by atoms with E-state index in [0.29, 0.717) is 19.0 Å². The van der Waals surface area contributed by atoms with Crippen molar-refractivity contribution >= 4 is 36.4 Å². The van der Waals surface area contributed by atoms with Crippen molar-refractivity contribution in [3.05, 3.63) is 30.3 Å². The number of nitrogens with one attached hydrogen (secondary N) is 2. The van der Waals surface area contributed by atoms with Crippen molar-refractivity contribution in [2.24, 2.45) is 0 Å². The highest BCUT2D eigenvalue weighted by molar-refractivity contribution is 5.85. The van der Waals surface area contributed by atoms with Crippen molar-refractivity contribution in [1.82, 2.24) is 10.6 Å². The zero-order valence-electron chi connectivity index (χ0n) is 13.2. The first-order valence-electron chi connectivity index (χ1n) is 7.45. The van der Waals surface area contributed by atoms with E-state index < -0.39 is 0 Å². The number of nitrogens with zero attached hydrogens (tertiary/aromatic N) is 1. The second kappa shape index (κ2) is 10.7. The molecule has 1 fully saturated rings. The van der Waals surface area contributed by atoms with Crippen LogP contribution in [0.2, 0.25) is 0 Å². The minimum Gasteiger partial charge on any atom is -0.370 e. The second-order valence-corrected chi connectivity index (χ2v) is 5.60. The first kappa shape index (κ1) is 21.0. The normalized spacial score (nSPS) is 17.8. The molecule has 1 aliphatic heterocycles. The number of amides is 1. The van der Waals surface area contributed by atoms with Gasteiger partial charge >= 0.3 is 0 Å². The van der Waals surface area contributed by atoms with E-state index in [9.17, 15) is 4.79 Å². The molecule has 0 aliphatic carbocycles. The highest BCUT2D eigenvalue weighted by atomic mass is 35.5. The Morgan fingerprint density at radius 1 is 1.36 bits per heavy atom. The van der Waals surface area contributed by atoms with Crippen molar-refractivity contribution in [3.63, 3.8) is 0 Å². The summed E-state index contributed by atoms with van der Waals surface area (Å²) in [6, 6.07) is 10.9. The number of para-hydroxylation sites is 1. The van der Waals surface area contributed by atoms with Gasteiger partial charge in [0, 0.05) is 37.8 Å². The van der Waals surface area contributed by atoms with Crippen molar-refractivity contribution in [2.45, 2.75) is 38.3 Å². The number of halogens is 2. The van der Waals surface area contributed by atoms with E-state index >= 15 is 0 Å². The Labute approximate surface area is 145 Å². The van der Waals surface area contributed by atoms with Crippen LogP contribution in [0.15, 0.2) is 30.3 Å². The van der Waals surface area contributed by atoms with Gasteiger partial charge in [0.1, 0.15) is 0 Å². The monoisotopic (exact) mass is 347 g/mol. The second-order valence-electron chi connectivity index (χ2n) is 5.60. The van der Waals surface area contributed by atoms with Gasteiger partial charge < -0.3 is 15.5 Å². The van der Waals surface area contributed by atoms with E-state index in [-0.39, 0.29) is 36.8 Å². The summed E-state index contributed by atoms with van der Waals surface area (Å²) >= 11 is 0. The van der Waals surface area contributed by atoms with Crippen LogP contribution in [-0.4, -0.2) is 38.1 Å². The van der Waals surface area contributed by atoms with Gasteiger partial charge in [0.05, 0.1) is 0 Å². The molecule has 2 atom stereocenters. The first-order chi connectivity index (χ1) is 9.66. The lowest BCUT2D eigenvalue weighted by Gasteiger charge is -2.27. The zero-order chi connectivity index (χ0) is 14.4. The molecular weight excluding hydrogens is 321 g/mol. The van der Waals surface area contributed by atoms with Crippen molar-refractivity contribution in [2.75, 3.05) is 25.0 Å². The fraction of sp³-hybridized carbons (Fsp3) is 0.562. The predicted octanol–water partition coefficient (Wildman–Crippen LogP) is 2.61. The molecule has 0 radical (unpaired) electrons. The van der Waals surface area contributed by atoms with Crippen LogP contribution >= 0.6 is 24.8 Å². The van der Waals surface area contributed by atoms with E-state index in [0.717, 1.165) is 13.0 Å². The number of anilines is 1. The Morgan fingerprint density at radius 3 is 2.64 bits per heavy atom. The largest absolute Gasteiger partial charge is 0.370 e. The van der Waals surface area contributed by atoms with Crippen LogP contribution in [0.25, 0.3) is 0 Å². The molecule has 0 saturated carbocycles. The van der Waals surface area contributed by atoms with E-state index in [1.807, 2.05) is 18.2 Å². The maximum absolute atomic E-state index is 11.9. The number of hydrogen-bond donors (Lipinski definition) is 2. The summed E-state index contributed by atoms with van der Waals surface area (Å²) in [6.07, 6.45) is 2.90. The highest BCUT2D eigenvalue weighted by Crippen LogP contribution is 2.13. The van der Waals surface area contributed by atoms with E-state index in [4.69, 9.17) is 0 Å². The van der Waals surface area contributed by atoms with Crippen molar-refractivity contribution < 1.29 is 4.79 Å². The maximum Gasteiger partial charge on any atom is 0.221 e. The molecular formula is C16H27Cl2N3O. The molecule has 22 heavy (non-hydrogen) atoms. The van der Waals surface area contributed by atoms with Gasteiger partial charge in [0.15, 0.2) is 0 Å². The molecule has 126 valence electrons. The number of carbonyl (C=O) groups excluding carboxylic acids is 1. The van der Waals surface area contributed by atoms with Crippen LogP contribution in [0.5, 0.6) is 0 Å². The van der Waals surface area contributed by atoms with E-state index in [1.165, 1.54) is 12.1 Å². The van der Waals surface area contributed by atoms with E-state index in [1.54, 1.807) is 0 Å². The molecule has 1 aromatic rings. The average Bonchev–Trinajstić information content (AvgIpc) is 2.97. The predicted molar refractivity (Wildman–Crippen MR) is 97.5 cm³/mol. The molecule has 1 amide bonds. The average molecular weight is 348 g/mol. The van der Waals surface area contributed by atoms with Crippen LogP contribution in [0.1, 0.15) is 26.2 Å². The molecule has 1 heterocycles. The zero-order valence-corrected chi connectivity index (χ0v) is 14.9. The summed E-state index contributed by atoms with van der Waals surface area (Å²) < 4.78 is 0. The van der Waals surface area contributed by atoms with Gasteiger partial charge in [-0.1, -0.05) is 18.2 Å². The number of likely N-dealkylation sites (N-methyl/N-ethyl adjacent to an activating group) is 1. The Morgan fingerprint density at radius 2 is 2.05 bits per heavy atom. The van der Waals surface area contributed by atoms with Crippen molar-refractivity contribution in [1.29, 1.82) is 0 Å². The lowest BCUT2D eigenvalue weighted by molar-refractivity contribution is -0.121. The van der Waals surface area contributed by atoms with Gasteiger partial charge in [-0.25, -0.2) is 0 Å². The van der Waals surface area contributed by atoms with Gasteiger partial charge in [-0.15, -0.1) is 24.8 Å². The Balaban J connectivity index is 0.00000220. The van der Waals surface area contributed by atoms with Crippen LogP contribution in [0.3, 0.4) is 0 Å². The van der Waals surface area contributed by atoms with Gasteiger partial charge in [-0.05, 0) is 38.4 Å². The van der Waals surface area contributed by atoms with Crippen LogP contribution < -0.4 is 15.5 Å². The molecule has 1 saturated heterocycles. The topological polar surface area (TPSA) is 44.4 Å². The number of hydrogen-bond acceptors (Lipinski definition) is 3. The third-order valence-corrected chi connectivity index (χ3v) is 4.01. The fourth-order valence-corrected chi connectivity index (χ4v) is 2.54. The molecule has 0 spiro atoms. The summed E-state index contributed by atoms with van der Waals surface area (Å²) in [4.78, 5) is 14.1. The number of benzene rings is 1. The Bertz CT molecular complexity index is 425. The van der Waals surface area contributed by atoms with Gasteiger partial charge in [-0.3, -0.25) is 4.79 Å². The third-order valence-electron chi connectivity index (χ3n) is 4.01. The Hall–Kier alpha value is -0.970. The van der Waals surface area contributed by atoms with Crippen LogP contribution in [0, 0.1) is 0 Å². The summed E-state index contributed by atoms with van der Waals surface area (Å²) in [7, 11) is 2.06. The molecule has 2 N–H and O–H groups in total. The summed E-state index contributed by atoms with van der Waals surface area (Å²) in [5, 5.41) is 6.39. The maximum atomic E-state index is 11.9. The smallest absolute Gasteiger partial charge is 0.221 e. The quantitative estimate of drug-likeness (QED) is 0.831. The summed E-state index contributed by atoms with van der Waals surface area (Å²) in [5.41, 5.74) is 1.17. The molecule has 1 aromatic carbocycles. The fourth-order valence-electron chi connectivity index (χ4n) is 2.54. The SMILES string of the molecule is CC(CNC(=O)CC1CCCN1)N(C)c1ccccc1.Cl.Cl. The Kier molecular flexibility index (Phi) is 10.2. The van der Waals surface area contributed by atoms with Crippen LogP contribution in [0.4, 0.5) is 5.69 Å². The molecule has 1 aliphatic rings. The molecule has 4 nitrogen and oxygen atoms in total. The summed E-state index contributed by atoms with van der Waals surface area (Å²) in [6.45, 7) is 3.85. The minimum atomic E-state index is 0. The highest BCUT2D eigenvalue weighted by Gasteiger charge is 2.18. The number of carbonyl (C=O) groups is 1. The van der Waals surface area contributed by atoms with Gasteiger partial charge in [0.2, 0.25) is 5.91 Å². The lowest BCUT2D eigenvalue weighted by atomic mass is 10.1. The van der Waals surface area contributed by atoms with Crippen molar-refractivity contribution in [3.8, 4) is 0 Å². The molecule has 2 rings (SSSR count).